The molecule has 1 aromatic carbocycles. The zero-order valence-corrected chi connectivity index (χ0v) is 22.3. The third-order valence-corrected chi connectivity index (χ3v) is 7.11. The van der Waals surface area contributed by atoms with Crippen molar-refractivity contribution in [1.29, 1.82) is 0 Å². The minimum absolute atomic E-state index is 0.240. The van der Waals surface area contributed by atoms with Crippen LogP contribution in [0.15, 0.2) is 61.2 Å². The number of aromatic nitrogens is 7. The molecule has 0 bridgehead atoms. The summed E-state index contributed by atoms with van der Waals surface area (Å²) in [7, 11) is -0.544. The molecular weight excluding hydrogens is 522 g/mol. The van der Waals surface area contributed by atoms with Gasteiger partial charge in [0.1, 0.15) is 22.9 Å². The number of sulfone groups is 1. The molecule has 0 amide bonds. The number of ether oxygens (including phenoxy) is 3. The van der Waals surface area contributed by atoms with E-state index in [1.807, 2.05) is 13.0 Å². The molecule has 0 fully saturated rings. The van der Waals surface area contributed by atoms with Gasteiger partial charge in [0, 0.05) is 24.7 Å². The van der Waals surface area contributed by atoms with E-state index in [1.54, 1.807) is 49.1 Å². The first-order valence-corrected chi connectivity index (χ1v) is 13.8. The molecule has 0 atom stereocenters. The van der Waals surface area contributed by atoms with Crippen LogP contribution in [0.3, 0.4) is 0 Å². The summed E-state index contributed by atoms with van der Waals surface area (Å²) in [5.41, 5.74) is 2.19. The van der Waals surface area contributed by atoms with E-state index < -0.39 is 9.84 Å². The summed E-state index contributed by atoms with van der Waals surface area (Å²) < 4.78 is 44.6. The van der Waals surface area contributed by atoms with Gasteiger partial charge in [0.2, 0.25) is 5.88 Å². The molecule has 12 nitrogen and oxygen atoms in total. The molecule has 4 heterocycles. The van der Waals surface area contributed by atoms with Crippen molar-refractivity contribution in [2.24, 2.45) is 0 Å². The predicted octanol–water partition coefficient (Wildman–Crippen LogP) is 3.20. The van der Waals surface area contributed by atoms with Crippen LogP contribution in [0.4, 0.5) is 0 Å². The monoisotopic (exact) mass is 547 g/mol. The van der Waals surface area contributed by atoms with Crippen LogP contribution in [0.25, 0.3) is 28.5 Å². The van der Waals surface area contributed by atoms with E-state index in [1.165, 1.54) is 24.8 Å². The molecule has 39 heavy (non-hydrogen) atoms. The molecule has 13 heteroatoms. The van der Waals surface area contributed by atoms with Crippen molar-refractivity contribution in [3.05, 3.63) is 72.6 Å². The van der Waals surface area contributed by atoms with Crippen LogP contribution < -0.4 is 14.2 Å². The van der Waals surface area contributed by atoms with Crippen LogP contribution in [0.2, 0.25) is 0 Å². The van der Waals surface area contributed by atoms with E-state index in [0.29, 0.717) is 52.5 Å². The lowest BCUT2D eigenvalue weighted by atomic mass is 10.2. The van der Waals surface area contributed by atoms with Gasteiger partial charge in [-0.1, -0.05) is 12.1 Å². The van der Waals surface area contributed by atoms with Gasteiger partial charge in [-0.15, -0.1) is 0 Å². The topological polar surface area (TPSA) is 144 Å². The third kappa shape index (κ3) is 5.48. The highest BCUT2D eigenvalue weighted by Gasteiger charge is 2.25. The second-order valence-electron chi connectivity index (χ2n) is 8.31. The highest BCUT2D eigenvalue weighted by atomic mass is 32.2. The first-order chi connectivity index (χ1) is 18.9. The fourth-order valence-corrected chi connectivity index (χ4v) is 5.36. The fourth-order valence-electron chi connectivity index (χ4n) is 4.07. The van der Waals surface area contributed by atoms with Gasteiger partial charge in [0.15, 0.2) is 27.0 Å². The van der Waals surface area contributed by atoms with Gasteiger partial charge in [-0.3, -0.25) is 14.5 Å². The van der Waals surface area contributed by atoms with Crippen molar-refractivity contribution < 1.29 is 22.6 Å². The summed E-state index contributed by atoms with van der Waals surface area (Å²) in [6, 6.07) is 10.7. The number of pyridine rings is 1. The average molecular weight is 548 g/mol. The van der Waals surface area contributed by atoms with Crippen LogP contribution >= 0.6 is 0 Å². The Bertz CT molecular complexity index is 1700. The van der Waals surface area contributed by atoms with E-state index in [9.17, 15) is 8.42 Å². The normalized spacial score (nSPS) is 11.5. The first kappa shape index (κ1) is 26.0. The molecule has 0 aliphatic rings. The predicted molar refractivity (Wildman–Crippen MR) is 143 cm³/mol. The summed E-state index contributed by atoms with van der Waals surface area (Å²) in [6.45, 7) is 2.32. The number of para-hydroxylation sites is 1. The maximum Gasteiger partial charge on any atom is 0.213 e. The van der Waals surface area contributed by atoms with Crippen LogP contribution in [0, 0.1) is 0 Å². The van der Waals surface area contributed by atoms with Gasteiger partial charge in [-0.2, -0.15) is 0 Å². The molecule has 0 radical (unpaired) electrons. The summed E-state index contributed by atoms with van der Waals surface area (Å²) in [4.78, 5) is 26.5. The van der Waals surface area contributed by atoms with E-state index in [4.69, 9.17) is 19.2 Å². The van der Waals surface area contributed by atoms with Gasteiger partial charge < -0.3 is 14.2 Å². The molecule has 0 aliphatic carbocycles. The summed E-state index contributed by atoms with van der Waals surface area (Å²) in [5.74, 6) is 1.16. The molecule has 0 spiro atoms. The van der Waals surface area contributed by atoms with Crippen molar-refractivity contribution >= 4 is 21.1 Å². The number of imidazole rings is 1. The summed E-state index contributed by atoms with van der Waals surface area (Å²) in [6.07, 6.45) is 5.76. The second-order valence-corrected chi connectivity index (χ2v) is 10.4. The highest BCUT2D eigenvalue weighted by molar-refractivity contribution is 7.89. The number of fused-ring (bicyclic) bond motifs is 1. The molecule has 0 N–H and O–H groups in total. The van der Waals surface area contributed by atoms with Crippen LogP contribution in [-0.4, -0.2) is 63.7 Å². The molecule has 0 unspecified atom stereocenters. The van der Waals surface area contributed by atoms with E-state index in [0.717, 1.165) is 0 Å². The average Bonchev–Trinajstić information content (AvgIpc) is 3.31. The van der Waals surface area contributed by atoms with Crippen molar-refractivity contribution in [2.75, 3.05) is 20.8 Å². The Kier molecular flexibility index (Phi) is 7.32. The summed E-state index contributed by atoms with van der Waals surface area (Å²) in [5, 5.41) is 0. The standard InChI is InChI=1S/C26H25N7O5S/c1-4-38-22-10-5-7-19(31-22)25-32-24-26(33(25)23-20(36-2)8-6-9-21(23)37-3)30-18(14-29-24)16-39(34,35)15-17-13-27-11-12-28-17/h5-14H,4,15-16H2,1-3H3. The molecule has 0 saturated carbocycles. The number of rotatable bonds is 10. The van der Waals surface area contributed by atoms with Crippen molar-refractivity contribution in [2.45, 2.75) is 18.4 Å². The largest absolute Gasteiger partial charge is 0.494 e. The van der Waals surface area contributed by atoms with E-state index in [-0.39, 0.29) is 22.8 Å². The maximum atomic E-state index is 13.0. The molecule has 5 aromatic rings. The van der Waals surface area contributed by atoms with Gasteiger partial charge in [0.25, 0.3) is 0 Å². The number of hydrogen-bond acceptors (Lipinski definition) is 11. The quantitative estimate of drug-likeness (QED) is 0.254. The van der Waals surface area contributed by atoms with Crippen LogP contribution in [-0.2, 0) is 21.3 Å². The van der Waals surface area contributed by atoms with Crippen molar-refractivity contribution in [3.8, 4) is 34.6 Å². The molecule has 5 rings (SSSR count). The number of methoxy groups -OCH3 is 2. The molecule has 200 valence electrons. The highest BCUT2D eigenvalue weighted by Crippen LogP contribution is 2.37. The Balaban J connectivity index is 1.69. The molecule has 4 aromatic heterocycles. The summed E-state index contributed by atoms with van der Waals surface area (Å²) >= 11 is 0. The Morgan fingerprint density at radius 1 is 0.846 bits per heavy atom. The number of hydrogen-bond donors (Lipinski definition) is 0. The van der Waals surface area contributed by atoms with E-state index in [2.05, 4.69) is 24.9 Å². The Morgan fingerprint density at radius 2 is 1.59 bits per heavy atom. The van der Waals surface area contributed by atoms with Gasteiger partial charge in [-0.05, 0) is 25.1 Å². The Hall–Kier alpha value is -4.65. The minimum Gasteiger partial charge on any atom is -0.494 e. The maximum absolute atomic E-state index is 13.0. The lowest BCUT2D eigenvalue weighted by Gasteiger charge is -2.16. The number of benzene rings is 1. The van der Waals surface area contributed by atoms with Crippen molar-refractivity contribution in [3.63, 3.8) is 0 Å². The third-order valence-electron chi connectivity index (χ3n) is 5.64. The van der Waals surface area contributed by atoms with Crippen LogP contribution in [0.1, 0.15) is 18.3 Å². The van der Waals surface area contributed by atoms with E-state index >= 15 is 0 Å². The zero-order valence-electron chi connectivity index (χ0n) is 21.5. The Morgan fingerprint density at radius 3 is 2.28 bits per heavy atom. The lowest BCUT2D eigenvalue weighted by molar-refractivity contribution is 0.327. The van der Waals surface area contributed by atoms with Gasteiger partial charge in [0.05, 0.1) is 49.9 Å². The smallest absolute Gasteiger partial charge is 0.213 e. The zero-order chi connectivity index (χ0) is 27.4. The fraction of sp³-hybridized carbons (Fsp3) is 0.231. The molecular formula is C26H25N7O5S. The van der Waals surface area contributed by atoms with Gasteiger partial charge >= 0.3 is 0 Å². The van der Waals surface area contributed by atoms with Gasteiger partial charge in [-0.25, -0.2) is 28.4 Å². The second kappa shape index (κ2) is 11.0. The molecule has 0 aliphatic heterocycles. The Labute approximate surface area is 224 Å². The molecule has 0 saturated heterocycles. The first-order valence-electron chi connectivity index (χ1n) is 11.9. The minimum atomic E-state index is -3.63. The lowest BCUT2D eigenvalue weighted by Crippen LogP contribution is -2.11. The SMILES string of the molecule is CCOc1cccc(-c2nc3ncc(CS(=O)(=O)Cc4cnccn4)nc3n2-c2c(OC)cccc2OC)n1. The van der Waals surface area contributed by atoms with Crippen LogP contribution in [0.5, 0.6) is 17.4 Å². The van der Waals surface area contributed by atoms with Crippen molar-refractivity contribution in [1.82, 2.24) is 34.5 Å². The number of nitrogens with zero attached hydrogens (tertiary/aromatic N) is 7.